The number of likely N-dealkylation sites (N-methyl/N-ethyl adjacent to an activating group) is 1. The maximum atomic E-state index is 12.0. The van der Waals surface area contributed by atoms with Gasteiger partial charge in [0.2, 0.25) is 0 Å². The van der Waals surface area contributed by atoms with Crippen LogP contribution in [0, 0.1) is 0 Å². The third kappa shape index (κ3) is 3.30. The van der Waals surface area contributed by atoms with E-state index in [0.29, 0.717) is 11.1 Å². The lowest BCUT2D eigenvalue weighted by Gasteiger charge is -2.40. The van der Waals surface area contributed by atoms with E-state index >= 15 is 0 Å². The van der Waals surface area contributed by atoms with E-state index in [4.69, 9.17) is 4.84 Å². The van der Waals surface area contributed by atoms with Crippen LogP contribution in [0.1, 0.15) is 22.7 Å². The SMILES string of the molecule is CON(C)C(c1ccccc1)C(O)(c1cccnc1)c1cccnc1. The second-order valence-electron chi connectivity index (χ2n) is 5.79. The first-order valence-corrected chi connectivity index (χ1v) is 8.03. The van der Waals surface area contributed by atoms with E-state index in [1.807, 2.05) is 54.6 Å². The molecular weight excluding hydrogens is 314 g/mol. The highest BCUT2D eigenvalue weighted by molar-refractivity contribution is 5.39. The zero-order chi connectivity index (χ0) is 17.7. The molecule has 1 N–H and O–H groups in total. The summed E-state index contributed by atoms with van der Waals surface area (Å²) in [5, 5.41) is 13.6. The predicted molar refractivity (Wildman–Crippen MR) is 95.4 cm³/mol. The average Bonchev–Trinajstić information content (AvgIpc) is 2.70. The fraction of sp³-hybridized carbons (Fsp3) is 0.200. The van der Waals surface area contributed by atoms with Gasteiger partial charge in [-0.3, -0.25) is 9.97 Å². The Morgan fingerprint density at radius 2 is 1.48 bits per heavy atom. The molecule has 5 heteroatoms. The predicted octanol–water partition coefficient (Wildman–Crippen LogP) is 2.95. The number of nitrogens with zero attached hydrogens (tertiary/aromatic N) is 3. The Balaban J connectivity index is 2.25. The molecule has 3 aromatic rings. The minimum atomic E-state index is -1.39. The molecule has 0 aliphatic heterocycles. The normalized spacial score (nSPS) is 13.0. The van der Waals surface area contributed by atoms with Crippen LogP contribution in [-0.2, 0) is 10.4 Å². The molecule has 25 heavy (non-hydrogen) atoms. The Morgan fingerprint density at radius 1 is 0.920 bits per heavy atom. The molecule has 128 valence electrons. The summed E-state index contributed by atoms with van der Waals surface area (Å²) in [5.74, 6) is 0. The number of pyridine rings is 2. The molecule has 0 spiro atoms. The van der Waals surface area contributed by atoms with Crippen molar-refractivity contribution in [3.63, 3.8) is 0 Å². The average molecular weight is 335 g/mol. The number of hydroxylamine groups is 2. The van der Waals surface area contributed by atoms with Gasteiger partial charge in [-0.2, -0.15) is 5.06 Å². The Kier molecular flexibility index (Phi) is 5.19. The molecule has 0 saturated carbocycles. The van der Waals surface area contributed by atoms with Gasteiger partial charge in [0.05, 0.1) is 13.2 Å². The van der Waals surface area contributed by atoms with E-state index in [1.54, 1.807) is 44.0 Å². The van der Waals surface area contributed by atoms with Crippen LogP contribution in [0.25, 0.3) is 0 Å². The minimum Gasteiger partial charge on any atom is -0.378 e. The van der Waals surface area contributed by atoms with E-state index in [9.17, 15) is 5.11 Å². The molecule has 1 atom stereocenters. The highest BCUT2D eigenvalue weighted by atomic mass is 16.7. The third-order valence-corrected chi connectivity index (χ3v) is 4.37. The van der Waals surface area contributed by atoms with Crippen molar-refractivity contribution < 1.29 is 9.94 Å². The van der Waals surface area contributed by atoms with Gasteiger partial charge in [-0.05, 0) is 17.7 Å². The van der Waals surface area contributed by atoms with Crippen molar-refractivity contribution >= 4 is 0 Å². The highest BCUT2D eigenvalue weighted by Gasteiger charge is 2.44. The maximum Gasteiger partial charge on any atom is 0.139 e. The lowest BCUT2D eigenvalue weighted by Crippen LogP contribution is -2.43. The number of aromatic nitrogens is 2. The Bertz CT molecular complexity index is 742. The number of hydrogen-bond donors (Lipinski definition) is 1. The summed E-state index contributed by atoms with van der Waals surface area (Å²) in [6.45, 7) is 0. The molecule has 0 aliphatic rings. The monoisotopic (exact) mass is 335 g/mol. The van der Waals surface area contributed by atoms with E-state index in [1.165, 1.54) is 0 Å². The van der Waals surface area contributed by atoms with Crippen LogP contribution in [0.3, 0.4) is 0 Å². The smallest absolute Gasteiger partial charge is 0.139 e. The molecule has 0 fully saturated rings. The molecule has 0 radical (unpaired) electrons. The second-order valence-corrected chi connectivity index (χ2v) is 5.79. The largest absolute Gasteiger partial charge is 0.378 e. The first-order chi connectivity index (χ1) is 12.2. The topological polar surface area (TPSA) is 58.5 Å². The van der Waals surface area contributed by atoms with Gasteiger partial charge in [0.25, 0.3) is 0 Å². The Morgan fingerprint density at radius 3 is 1.92 bits per heavy atom. The standard InChI is InChI=1S/C20H21N3O2/c1-23(25-2)19(16-8-4-3-5-9-16)20(24,17-10-6-12-21-14-17)18-11-7-13-22-15-18/h3-15,19,24H,1-2H3. The zero-order valence-corrected chi connectivity index (χ0v) is 14.3. The molecule has 1 unspecified atom stereocenters. The first-order valence-electron chi connectivity index (χ1n) is 8.03. The Hall–Kier alpha value is -2.60. The van der Waals surface area contributed by atoms with Crippen LogP contribution >= 0.6 is 0 Å². The lowest BCUT2D eigenvalue weighted by atomic mass is 9.78. The summed E-state index contributed by atoms with van der Waals surface area (Å²) in [5.41, 5.74) is 0.859. The molecule has 2 aromatic heterocycles. The van der Waals surface area contributed by atoms with Crippen molar-refractivity contribution in [3.8, 4) is 0 Å². The lowest BCUT2D eigenvalue weighted by molar-refractivity contribution is -0.189. The molecule has 2 heterocycles. The van der Waals surface area contributed by atoms with Gasteiger partial charge in [-0.25, -0.2) is 0 Å². The number of rotatable bonds is 6. The van der Waals surface area contributed by atoms with Crippen LogP contribution in [0.15, 0.2) is 79.4 Å². The summed E-state index contributed by atoms with van der Waals surface area (Å²) in [4.78, 5) is 13.9. The quantitative estimate of drug-likeness (QED) is 0.702. The van der Waals surface area contributed by atoms with Gasteiger partial charge in [0.15, 0.2) is 0 Å². The molecule has 0 saturated heterocycles. The fourth-order valence-electron chi connectivity index (χ4n) is 3.11. The van der Waals surface area contributed by atoms with Crippen LogP contribution in [0.5, 0.6) is 0 Å². The third-order valence-electron chi connectivity index (χ3n) is 4.37. The summed E-state index contributed by atoms with van der Waals surface area (Å²) in [6.07, 6.45) is 6.72. The van der Waals surface area contributed by atoms with Crippen molar-refractivity contribution in [2.24, 2.45) is 0 Å². The summed E-state index contributed by atoms with van der Waals surface area (Å²) < 4.78 is 0. The summed E-state index contributed by atoms with van der Waals surface area (Å²) in [7, 11) is 3.39. The van der Waals surface area contributed by atoms with Crippen molar-refractivity contribution in [2.75, 3.05) is 14.2 Å². The first kappa shape index (κ1) is 17.2. The van der Waals surface area contributed by atoms with Gasteiger partial charge in [-0.15, -0.1) is 0 Å². The van der Waals surface area contributed by atoms with Gasteiger partial charge < -0.3 is 9.94 Å². The van der Waals surface area contributed by atoms with Gasteiger partial charge >= 0.3 is 0 Å². The van der Waals surface area contributed by atoms with Gasteiger partial charge in [0.1, 0.15) is 5.60 Å². The second kappa shape index (κ2) is 7.53. The molecule has 3 rings (SSSR count). The minimum absolute atomic E-state index is 0.493. The molecular formula is C20H21N3O2. The molecule has 0 aliphatic carbocycles. The summed E-state index contributed by atoms with van der Waals surface area (Å²) in [6, 6.07) is 16.6. The molecule has 0 amide bonds. The number of benzene rings is 1. The van der Waals surface area contributed by atoms with E-state index in [-0.39, 0.29) is 0 Å². The van der Waals surface area contributed by atoms with E-state index in [2.05, 4.69) is 9.97 Å². The van der Waals surface area contributed by atoms with Crippen LogP contribution in [0.2, 0.25) is 0 Å². The van der Waals surface area contributed by atoms with Crippen LogP contribution < -0.4 is 0 Å². The van der Waals surface area contributed by atoms with Gasteiger partial charge in [-0.1, -0.05) is 42.5 Å². The summed E-state index contributed by atoms with van der Waals surface area (Å²) >= 11 is 0. The van der Waals surface area contributed by atoms with Crippen molar-refractivity contribution in [3.05, 3.63) is 96.1 Å². The molecule has 5 nitrogen and oxygen atoms in total. The maximum absolute atomic E-state index is 12.0. The fourth-order valence-corrected chi connectivity index (χ4v) is 3.11. The zero-order valence-electron chi connectivity index (χ0n) is 14.3. The number of hydrogen-bond acceptors (Lipinski definition) is 5. The van der Waals surface area contributed by atoms with E-state index < -0.39 is 11.6 Å². The van der Waals surface area contributed by atoms with Crippen molar-refractivity contribution in [1.82, 2.24) is 15.0 Å². The van der Waals surface area contributed by atoms with Crippen molar-refractivity contribution in [2.45, 2.75) is 11.6 Å². The Labute approximate surface area is 147 Å². The molecule has 1 aromatic carbocycles. The molecule has 0 bridgehead atoms. The van der Waals surface area contributed by atoms with Crippen molar-refractivity contribution in [1.29, 1.82) is 0 Å². The van der Waals surface area contributed by atoms with Crippen LogP contribution in [0.4, 0.5) is 0 Å². The number of aliphatic hydroxyl groups is 1. The van der Waals surface area contributed by atoms with Crippen LogP contribution in [-0.4, -0.2) is 34.3 Å². The van der Waals surface area contributed by atoms with Gasteiger partial charge in [0, 0.05) is 43.0 Å². The van der Waals surface area contributed by atoms with E-state index in [0.717, 1.165) is 5.56 Å². The highest BCUT2D eigenvalue weighted by Crippen LogP contribution is 2.43.